The Morgan fingerprint density at radius 2 is 2.00 bits per heavy atom. The quantitative estimate of drug-likeness (QED) is 0.819. The lowest BCUT2D eigenvalue weighted by Crippen LogP contribution is -2.36. The van der Waals surface area contributed by atoms with E-state index in [0.717, 1.165) is 19.8 Å². The maximum atomic E-state index is 5.76. The minimum atomic E-state index is 0.293. The van der Waals surface area contributed by atoms with Crippen molar-refractivity contribution in [3.8, 4) is 0 Å². The zero-order valence-corrected chi connectivity index (χ0v) is 10.6. The molecule has 0 aliphatic carbocycles. The molecule has 0 radical (unpaired) electrons. The van der Waals surface area contributed by atoms with Gasteiger partial charge in [0.15, 0.2) is 0 Å². The third kappa shape index (κ3) is 3.80. The van der Waals surface area contributed by atoms with Crippen LogP contribution >= 0.6 is 0 Å². The van der Waals surface area contributed by atoms with Gasteiger partial charge in [-0.1, -0.05) is 38.1 Å². The molecule has 1 aromatic carbocycles. The second-order valence-corrected chi connectivity index (χ2v) is 4.77. The van der Waals surface area contributed by atoms with Crippen LogP contribution in [0.3, 0.4) is 0 Å². The fraction of sp³-hybridized carbons (Fsp3) is 0.571. The predicted octanol–water partition coefficient (Wildman–Crippen LogP) is 2.10. The second kappa shape index (κ2) is 6.15. The van der Waals surface area contributed by atoms with Crippen LogP contribution in [0.4, 0.5) is 0 Å². The van der Waals surface area contributed by atoms with Crippen molar-refractivity contribution in [3.63, 3.8) is 0 Å². The lowest BCUT2D eigenvalue weighted by atomic mass is 10.1. The van der Waals surface area contributed by atoms with E-state index in [9.17, 15) is 0 Å². The van der Waals surface area contributed by atoms with Crippen molar-refractivity contribution in [3.05, 3.63) is 35.4 Å². The first kappa shape index (κ1) is 12.6. The van der Waals surface area contributed by atoms with Crippen LogP contribution in [-0.4, -0.2) is 25.4 Å². The van der Waals surface area contributed by atoms with Gasteiger partial charge in [0, 0.05) is 12.6 Å². The monoisotopic (exact) mass is 235 g/mol. The molecule has 0 saturated carbocycles. The predicted molar refractivity (Wildman–Crippen MR) is 67.8 cm³/mol. The molecule has 0 bridgehead atoms. The molecule has 3 nitrogen and oxygen atoms in total. The van der Waals surface area contributed by atoms with Gasteiger partial charge in [0.05, 0.1) is 19.8 Å². The molecule has 0 unspecified atom stereocenters. The van der Waals surface area contributed by atoms with Gasteiger partial charge in [-0.2, -0.15) is 0 Å². The van der Waals surface area contributed by atoms with Crippen molar-refractivity contribution in [2.24, 2.45) is 0 Å². The van der Waals surface area contributed by atoms with Gasteiger partial charge in [-0.3, -0.25) is 0 Å². The van der Waals surface area contributed by atoms with Gasteiger partial charge in [0.2, 0.25) is 0 Å². The van der Waals surface area contributed by atoms with Crippen LogP contribution < -0.4 is 5.32 Å². The Kier molecular flexibility index (Phi) is 4.54. The van der Waals surface area contributed by atoms with Crippen molar-refractivity contribution in [1.82, 2.24) is 5.32 Å². The number of nitrogens with one attached hydrogen (secondary N) is 1. The normalized spacial score (nSPS) is 16.2. The molecule has 1 N–H and O–H groups in total. The molecular formula is C14H21NO2. The summed E-state index contributed by atoms with van der Waals surface area (Å²) in [7, 11) is 0. The van der Waals surface area contributed by atoms with Crippen LogP contribution in [0, 0.1) is 0 Å². The number of ether oxygens (including phenoxy) is 2. The number of rotatable bonds is 6. The summed E-state index contributed by atoms with van der Waals surface area (Å²) in [4.78, 5) is 0. The molecule has 17 heavy (non-hydrogen) atoms. The summed E-state index contributed by atoms with van der Waals surface area (Å²) in [5.74, 6) is 0. The molecule has 3 heteroatoms. The third-order valence-corrected chi connectivity index (χ3v) is 2.90. The van der Waals surface area contributed by atoms with Crippen LogP contribution in [0.15, 0.2) is 24.3 Å². The molecule has 1 aliphatic heterocycles. The van der Waals surface area contributed by atoms with Gasteiger partial charge in [0.1, 0.15) is 6.10 Å². The molecular weight excluding hydrogens is 214 g/mol. The van der Waals surface area contributed by atoms with Crippen molar-refractivity contribution >= 4 is 0 Å². The highest BCUT2D eigenvalue weighted by Crippen LogP contribution is 2.14. The first-order valence-electron chi connectivity index (χ1n) is 6.25. The highest BCUT2D eigenvalue weighted by atomic mass is 16.6. The summed E-state index contributed by atoms with van der Waals surface area (Å²) < 4.78 is 10.9. The minimum Gasteiger partial charge on any atom is -0.376 e. The number of hydrogen-bond acceptors (Lipinski definition) is 3. The Morgan fingerprint density at radius 3 is 2.59 bits per heavy atom. The van der Waals surface area contributed by atoms with E-state index in [-0.39, 0.29) is 0 Å². The van der Waals surface area contributed by atoms with E-state index < -0.39 is 0 Å². The average Bonchev–Trinajstić information content (AvgIpc) is 2.25. The van der Waals surface area contributed by atoms with Gasteiger partial charge in [-0.15, -0.1) is 0 Å². The van der Waals surface area contributed by atoms with Gasteiger partial charge >= 0.3 is 0 Å². The van der Waals surface area contributed by atoms with Gasteiger partial charge in [-0.25, -0.2) is 0 Å². The Labute approximate surface area is 103 Å². The molecule has 1 heterocycles. The number of benzene rings is 1. The van der Waals surface area contributed by atoms with Crippen LogP contribution in [0.5, 0.6) is 0 Å². The zero-order valence-electron chi connectivity index (χ0n) is 10.6. The minimum absolute atomic E-state index is 0.293. The maximum absolute atomic E-state index is 5.76. The molecule has 2 rings (SSSR count). The molecule has 0 amide bonds. The summed E-state index contributed by atoms with van der Waals surface area (Å²) in [5, 5.41) is 3.44. The Morgan fingerprint density at radius 1 is 1.29 bits per heavy atom. The van der Waals surface area contributed by atoms with E-state index in [4.69, 9.17) is 9.47 Å². The summed E-state index contributed by atoms with van der Waals surface area (Å²) in [6.45, 7) is 7.39. The first-order chi connectivity index (χ1) is 8.25. The molecule has 0 aromatic heterocycles. The molecule has 0 spiro atoms. The van der Waals surface area contributed by atoms with Gasteiger partial charge in [-0.05, 0) is 11.1 Å². The first-order valence-corrected chi connectivity index (χ1v) is 6.25. The number of hydrogen-bond donors (Lipinski definition) is 1. The Bertz CT molecular complexity index is 348. The van der Waals surface area contributed by atoms with Crippen molar-refractivity contribution in [1.29, 1.82) is 0 Å². The van der Waals surface area contributed by atoms with Gasteiger partial charge in [0.25, 0.3) is 0 Å². The second-order valence-electron chi connectivity index (χ2n) is 4.77. The van der Waals surface area contributed by atoms with E-state index in [1.807, 2.05) is 0 Å². The van der Waals surface area contributed by atoms with E-state index in [1.54, 1.807) is 0 Å². The average molecular weight is 235 g/mol. The van der Waals surface area contributed by atoms with Gasteiger partial charge < -0.3 is 14.8 Å². The van der Waals surface area contributed by atoms with E-state index in [1.165, 1.54) is 11.1 Å². The van der Waals surface area contributed by atoms with E-state index in [2.05, 4.69) is 43.4 Å². The molecule has 1 fully saturated rings. The fourth-order valence-electron chi connectivity index (χ4n) is 1.70. The van der Waals surface area contributed by atoms with Crippen LogP contribution in [0.2, 0.25) is 0 Å². The molecule has 1 saturated heterocycles. The fourth-order valence-corrected chi connectivity index (χ4v) is 1.70. The van der Waals surface area contributed by atoms with Crippen LogP contribution in [0.1, 0.15) is 25.0 Å². The smallest absolute Gasteiger partial charge is 0.105 e. The standard InChI is InChI=1S/C14H21NO2/c1-11(2)15-7-12-5-3-4-6-13(12)8-17-14-9-16-10-14/h3-6,11,14-15H,7-10H2,1-2H3. The largest absolute Gasteiger partial charge is 0.376 e. The van der Waals surface area contributed by atoms with Crippen molar-refractivity contribution in [2.75, 3.05) is 13.2 Å². The molecule has 94 valence electrons. The van der Waals surface area contributed by atoms with Crippen molar-refractivity contribution in [2.45, 2.75) is 39.1 Å². The summed E-state index contributed by atoms with van der Waals surface area (Å²) >= 11 is 0. The Hall–Kier alpha value is -0.900. The molecule has 1 aliphatic rings. The summed E-state index contributed by atoms with van der Waals surface area (Å²) in [6, 6.07) is 8.94. The summed E-state index contributed by atoms with van der Waals surface area (Å²) in [5.41, 5.74) is 2.59. The van der Waals surface area contributed by atoms with Crippen LogP contribution in [0.25, 0.3) is 0 Å². The Balaban J connectivity index is 1.89. The maximum Gasteiger partial charge on any atom is 0.105 e. The third-order valence-electron chi connectivity index (χ3n) is 2.90. The van der Waals surface area contributed by atoms with Crippen molar-refractivity contribution < 1.29 is 9.47 Å². The van der Waals surface area contributed by atoms with E-state index >= 15 is 0 Å². The van der Waals surface area contributed by atoms with Crippen LogP contribution in [-0.2, 0) is 22.6 Å². The lowest BCUT2D eigenvalue weighted by molar-refractivity contribution is -0.135. The van der Waals surface area contributed by atoms with E-state index in [0.29, 0.717) is 18.8 Å². The highest BCUT2D eigenvalue weighted by Gasteiger charge is 2.18. The summed E-state index contributed by atoms with van der Waals surface area (Å²) in [6.07, 6.45) is 0.293. The molecule has 1 aromatic rings. The zero-order chi connectivity index (χ0) is 12.1. The topological polar surface area (TPSA) is 30.5 Å². The molecule has 0 atom stereocenters. The highest BCUT2D eigenvalue weighted by molar-refractivity contribution is 5.26. The SMILES string of the molecule is CC(C)NCc1ccccc1COC1COC1. The lowest BCUT2D eigenvalue weighted by Gasteiger charge is -2.26.